The monoisotopic (exact) mass is 355 g/mol. The van der Waals surface area contributed by atoms with E-state index in [2.05, 4.69) is 10.5 Å². The summed E-state index contributed by atoms with van der Waals surface area (Å²) in [6.07, 6.45) is 7.72. The Labute approximate surface area is 150 Å². The molecule has 0 spiro atoms. The third-order valence-corrected chi connectivity index (χ3v) is 6.64. The Morgan fingerprint density at radius 2 is 2.00 bits per heavy atom. The van der Waals surface area contributed by atoms with Gasteiger partial charge >= 0.3 is 0 Å². The minimum atomic E-state index is -0.347. The molecule has 6 rings (SSSR count). The summed E-state index contributed by atoms with van der Waals surface area (Å²) in [6.45, 7) is 0. The number of carbonyl (C=O) groups is 2. The maximum Gasteiger partial charge on any atom is 0.273 e. The van der Waals surface area contributed by atoms with Crippen molar-refractivity contribution in [2.24, 2.45) is 28.9 Å². The molecule has 2 aromatic heterocycles. The Kier molecular flexibility index (Phi) is 3.29. The van der Waals surface area contributed by atoms with Gasteiger partial charge in [-0.1, -0.05) is 5.16 Å². The zero-order chi connectivity index (χ0) is 17.9. The maximum absolute atomic E-state index is 12.7. The number of hydrogen-bond donors (Lipinski definition) is 2. The van der Waals surface area contributed by atoms with E-state index in [-0.39, 0.29) is 29.0 Å². The highest BCUT2D eigenvalue weighted by Gasteiger charge is 2.58. The van der Waals surface area contributed by atoms with Crippen LogP contribution in [0.15, 0.2) is 33.6 Å². The predicted octanol–water partition coefficient (Wildman–Crippen LogP) is 2.34. The summed E-state index contributed by atoms with van der Waals surface area (Å²) in [5.74, 6) is 1.31. The lowest BCUT2D eigenvalue weighted by molar-refractivity contribution is -0.145. The van der Waals surface area contributed by atoms with Crippen LogP contribution < -0.4 is 11.1 Å². The SMILES string of the molecule is NC(=O)C12CC3CC(C1)C(NC(=O)c1cc(-c4ccoc4)on1)C(C3)C2. The zero-order valence-corrected chi connectivity index (χ0v) is 14.3. The van der Waals surface area contributed by atoms with Crippen molar-refractivity contribution < 1.29 is 18.5 Å². The van der Waals surface area contributed by atoms with Crippen molar-refractivity contribution in [1.29, 1.82) is 0 Å². The predicted molar refractivity (Wildman–Crippen MR) is 90.6 cm³/mol. The average molecular weight is 355 g/mol. The number of aromatic nitrogens is 1. The quantitative estimate of drug-likeness (QED) is 0.874. The number of amides is 2. The normalized spacial score (nSPS) is 34.8. The van der Waals surface area contributed by atoms with Crippen LogP contribution in [-0.2, 0) is 4.79 Å². The van der Waals surface area contributed by atoms with Gasteiger partial charge in [-0.3, -0.25) is 9.59 Å². The van der Waals surface area contributed by atoms with Crippen molar-refractivity contribution in [2.75, 3.05) is 0 Å². The fourth-order valence-electron chi connectivity index (χ4n) is 5.71. The molecule has 7 nitrogen and oxygen atoms in total. The van der Waals surface area contributed by atoms with Crippen molar-refractivity contribution >= 4 is 11.8 Å². The fourth-order valence-corrected chi connectivity index (χ4v) is 5.71. The largest absolute Gasteiger partial charge is 0.472 e. The van der Waals surface area contributed by atoms with Gasteiger partial charge in [0.15, 0.2) is 11.5 Å². The Morgan fingerprint density at radius 1 is 1.23 bits per heavy atom. The summed E-state index contributed by atoms with van der Waals surface area (Å²) < 4.78 is 10.3. The van der Waals surface area contributed by atoms with E-state index in [0.717, 1.165) is 37.7 Å². The summed E-state index contributed by atoms with van der Waals surface area (Å²) in [5, 5.41) is 7.05. The molecule has 4 bridgehead atoms. The lowest BCUT2D eigenvalue weighted by Crippen LogP contribution is -2.62. The van der Waals surface area contributed by atoms with Gasteiger partial charge in [0, 0.05) is 17.5 Å². The minimum absolute atomic E-state index is 0.0839. The minimum Gasteiger partial charge on any atom is -0.472 e. The second-order valence-electron chi connectivity index (χ2n) is 8.20. The average Bonchev–Trinajstić information content (AvgIpc) is 3.28. The van der Waals surface area contributed by atoms with Crippen LogP contribution >= 0.6 is 0 Å². The smallest absolute Gasteiger partial charge is 0.273 e. The van der Waals surface area contributed by atoms with Crippen LogP contribution in [0.25, 0.3) is 11.3 Å². The number of carbonyl (C=O) groups excluding carboxylic acids is 2. The van der Waals surface area contributed by atoms with E-state index < -0.39 is 0 Å². The molecule has 2 unspecified atom stereocenters. The number of hydrogen-bond acceptors (Lipinski definition) is 5. The summed E-state index contributed by atoms with van der Waals surface area (Å²) in [4.78, 5) is 24.7. The highest BCUT2D eigenvalue weighted by atomic mass is 16.5. The summed E-state index contributed by atoms with van der Waals surface area (Å²) in [7, 11) is 0. The number of nitrogens with zero attached hydrogens (tertiary/aromatic N) is 1. The molecule has 2 amide bonds. The second kappa shape index (κ2) is 5.46. The van der Waals surface area contributed by atoms with E-state index in [1.165, 1.54) is 0 Å². The van der Waals surface area contributed by atoms with Gasteiger partial charge in [-0.15, -0.1) is 0 Å². The molecular weight excluding hydrogens is 334 g/mol. The maximum atomic E-state index is 12.7. The second-order valence-corrected chi connectivity index (χ2v) is 8.20. The van der Waals surface area contributed by atoms with Crippen molar-refractivity contribution in [3.05, 3.63) is 30.4 Å². The first-order valence-electron chi connectivity index (χ1n) is 9.14. The molecule has 4 saturated carbocycles. The highest BCUT2D eigenvalue weighted by molar-refractivity contribution is 5.93. The topological polar surface area (TPSA) is 111 Å². The molecule has 26 heavy (non-hydrogen) atoms. The Balaban J connectivity index is 1.33. The van der Waals surface area contributed by atoms with E-state index in [1.54, 1.807) is 24.7 Å². The van der Waals surface area contributed by atoms with Crippen LogP contribution in [-0.4, -0.2) is 23.0 Å². The lowest BCUT2D eigenvalue weighted by Gasteiger charge is -2.58. The molecule has 0 radical (unpaired) electrons. The first kappa shape index (κ1) is 15.7. The first-order chi connectivity index (χ1) is 12.5. The van der Waals surface area contributed by atoms with Crippen LogP contribution in [0.3, 0.4) is 0 Å². The van der Waals surface area contributed by atoms with Crippen molar-refractivity contribution in [3.8, 4) is 11.3 Å². The van der Waals surface area contributed by atoms with Gasteiger partial charge < -0.3 is 20.0 Å². The number of nitrogens with two attached hydrogens (primary N) is 1. The number of rotatable bonds is 4. The van der Waals surface area contributed by atoms with Crippen LogP contribution in [0.5, 0.6) is 0 Å². The molecule has 3 N–H and O–H groups in total. The van der Waals surface area contributed by atoms with Gasteiger partial charge in [0.25, 0.3) is 5.91 Å². The summed E-state index contributed by atoms with van der Waals surface area (Å²) in [6, 6.07) is 3.46. The summed E-state index contributed by atoms with van der Waals surface area (Å²) >= 11 is 0. The molecule has 0 aliphatic heterocycles. The molecule has 2 atom stereocenters. The molecule has 0 saturated heterocycles. The molecule has 0 aromatic carbocycles. The third-order valence-electron chi connectivity index (χ3n) is 6.64. The zero-order valence-electron chi connectivity index (χ0n) is 14.3. The van der Waals surface area contributed by atoms with Gasteiger partial charge in [-0.2, -0.15) is 0 Å². The van der Waals surface area contributed by atoms with E-state index in [4.69, 9.17) is 14.7 Å². The van der Waals surface area contributed by atoms with Crippen LogP contribution in [0.1, 0.15) is 42.6 Å². The number of nitrogens with one attached hydrogen (secondary N) is 1. The fraction of sp³-hybridized carbons (Fsp3) is 0.526. The van der Waals surface area contributed by atoms with Gasteiger partial charge in [-0.25, -0.2) is 0 Å². The number of furan rings is 1. The van der Waals surface area contributed by atoms with E-state index in [9.17, 15) is 9.59 Å². The Bertz CT molecular complexity index is 840. The molecule has 4 aliphatic rings. The first-order valence-corrected chi connectivity index (χ1v) is 9.14. The van der Waals surface area contributed by atoms with Gasteiger partial charge in [0.2, 0.25) is 5.91 Å². The van der Waals surface area contributed by atoms with E-state index >= 15 is 0 Å². The van der Waals surface area contributed by atoms with Crippen LogP contribution in [0, 0.1) is 23.2 Å². The van der Waals surface area contributed by atoms with Crippen molar-refractivity contribution in [3.63, 3.8) is 0 Å². The molecular formula is C19H21N3O4. The Morgan fingerprint density at radius 3 is 2.65 bits per heavy atom. The molecule has 136 valence electrons. The molecule has 2 heterocycles. The highest BCUT2D eigenvalue weighted by Crippen LogP contribution is 2.59. The van der Waals surface area contributed by atoms with Gasteiger partial charge in [0.05, 0.1) is 11.8 Å². The van der Waals surface area contributed by atoms with E-state index in [0.29, 0.717) is 23.5 Å². The molecule has 2 aromatic rings. The van der Waals surface area contributed by atoms with Gasteiger partial charge in [-0.05, 0) is 55.9 Å². The van der Waals surface area contributed by atoms with Crippen molar-refractivity contribution in [2.45, 2.75) is 38.1 Å². The Hall–Kier alpha value is -2.57. The van der Waals surface area contributed by atoms with Gasteiger partial charge in [0.1, 0.15) is 6.26 Å². The summed E-state index contributed by atoms with van der Waals surface area (Å²) in [5.41, 5.74) is 6.38. The van der Waals surface area contributed by atoms with Crippen LogP contribution in [0.4, 0.5) is 0 Å². The molecule has 4 fully saturated rings. The third kappa shape index (κ3) is 2.29. The van der Waals surface area contributed by atoms with E-state index in [1.807, 2.05) is 0 Å². The van der Waals surface area contributed by atoms with Crippen molar-refractivity contribution in [1.82, 2.24) is 10.5 Å². The molecule has 4 aliphatic carbocycles. The van der Waals surface area contributed by atoms with Crippen LogP contribution in [0.2, 0.25) is 0 Å². The number of primary amides is 1. The molecule has 7 heteroatoms. The standard InChI is InChI=1S/C19H21N3O4/c20-18(24)19-6-10-3-12(7-19)16(13(4-10)8-19)21-17(23)14-5-15(26-22-14)11-1-2-25-9-11/h1-2,5,9-10,12-13,16H,3-4,6-8H2,(H2,20,24)(H,21,23). The lowest BCUT2D eigenvalue weighted by atomic mass is 9.47.